The molecule has 2 heterocycles. The van der Waals surface area contributed by atoms with E-state index in [1.54, 1.807) is 0 Å². The number of hydrogen-bond acceptors (Lipinski definition) is 5. The van der Waals surface area contributed by atoms with Gasteiger partial charge in [-0.1, -0.05) is 5.16 Å². The summed E-state index contributed by atoms with van der Waals surface area (Å²) in [6, 6.07) is 0. The average molecular weight is 227 g/mol. The van der Waals surface area contributed by atoms with Gasteiger partial charge < -0.3 is 9.84 Å². The predicted octanol–water partition coefficient (Wildman–Crippen LogP) is 1.44. The average Bonchev–Trinajstić information content (AvgIpc) is 2.87. The van der Waals surface area contributed by atoms with E-state index >= 15 is 0 Å². The lowest BCUT2D eigenvalue weighted by Crippen LogP contribution is -2.08. The Morgan fingerprint density at radius 2 is 2.53 bits per heavy atom. The third kappa shape index (κ3) is 2.95. The van der Waals surface area contributed by atoms with Gasteiger partial charge in [0, 0.05) is 18.1 Å². The molecule has 1 aliphatic heterocycles. The van der Waals surface area contributed by atoms with Crippen molar-refractivity contribution in [2.45, 2.75) is 25.2 Å². The van der Waals surface area contributed by atoms with E-state index < -0.39 is 0 Å². The van der Waals surface area contributed by atoms with Crippen molar-refractivity contribution in [3.8, 4) is 0 Å². The second-order valence-corrected chi connectivity index (χ2v) is 4.96. The van der Waals surface area contributed by atoms with Gasteiger partial charge in [0.05, 0.1) is 0 Å². The highest BCUT2D eigenvalue weighted by molar-refractivity contribution is 7.99. The molecule has 15 heavy (non-hydrogen) atoms. The lowest BCUT2D eigenvalue weighted by molar-refractivity contribution is 0.367. The monoisotopic (exact) mass is 227 g/mol. The topological polar surface area (TPSA) is 51.0 Å². The molecule has 2 rings (SSSR count). The molecule has 1 aliphatic rings. The number of thioether (sulfide) groups is 1. The van der Waals surface area contributed by atoms with Crippen LogP contribution in [0.15, 0.2) is 4.52 Å². The van der Waals surface area contributed by atoms with Gasteiger partial charge in [-0.2, -0.15) is 16.7 Å². The van der Waals surface area contributed by atoms with Crippen LogP contribution in [0.5, 0.6) is 0 Å². The molecule has 0 spiro atoms. The molecule has 0 bridgehead atoms. The summed E-state index contributed by atoms with van der Waals surface area (Å²) in [6.45, 7) is 0.997. The van der Waals surface area contributed by atoms with Crippen LogP contribution in [-0.2, 0) is 6.42 Å². The van der Waals surface area contributed by atoms with Gasteiger partial charge in [-0.05, 0) is 32.2 Å². The molecule has 0 amide bonds. The number of aryl methyl sites for hydroxylation is 1. The van der Waals surface area contributed by atoms with Gasteiger partial charge in [0.25, 0.3) is 0 Å². The molecule has 1 aromatic heterocycles. The zero-order valence-electron chi connectivity index (χ0n) is 9.03. The first-order valence-corrected chi connectivity index (χ1v) is 6.60. The second kappa shape index (κ2) is 5.51. The molecule has 1 N–H and O–H groups in total. The third-order valence-electron chi connectivity index (χ3n) is 2.60. The molecule has 1 saturated heterocycles. The van der Waals surface area contributed by atoms with Crippen LogP contribution in [0.2, 0.25) is 0 Å². The highest BCUT2D eigenvalue weighted by atomic mass is 32.2. The fraction of sp³-hybridized carbons (Fsp3) is 0.800. The van der Waals surface area contributed by atoms with Crippen LogP contribution >= 0.6 is 11.8 Å². The van der Waals surface area contributed by atoms with Crippen LogP contribution in [0.1, 0.15) is 30.5 Å². The summed E-state index contributed by atoms with van der Waals surface area (Å²) < 4.78 is 5.23. The smallest absolute Gasteiger partial charge is 0.226 e. The van der Waals surface area contributed by atoms with Crippen molar-refractivity contribution in [3.05, 3.63) is 11.7 Å². The molecule has 0 radical (unpaired) electrons. The minimum absolute atomic E-state index is 0.525. The van der Waals surface area contributed by atoms with Gasteiger partial charge in [-0.15, -0.1) is 0 Å². The SMILES string of the molecule is CNCCCc1nc(C2CCSC2)no1. The third-order valence-corrected chi connectivity index (χ3v) is 3.76. The maximum atomic E-state index is 5.23. The summed E-state index contributed by atoms with van der Waals surface area (Å²) in [4.78, 5) is 4.45. The van der Waals surface area contributed by atoms with Gasteiger partial charge >= 0.3 is 0 Å². The first-order chi connectivity index (χ1) is 7.40. The number of rotatable bonds is 5. The highest BCUT2D eigenvalue weighted by Crippen LogP contribution is 2.30. The quantitative estimate of drug-likeness (QED) is 0.771. The Labute approximate surface area is 94.2 Å². The summed E-state index contributed by atoms with van der Waals surface area (Å²) in [5, 5.41) is 7.16. The molecule has 1 atom stereocenters. The van der Waals surface area contributed by atoms with Crippen LogP contribution in [0.25, 0.3) is 0 Å². The number of hydrogen-bond donors (Lipinski definition) is 1. The molecule has 5 heteroatoms. The van der Waals surface area contributed by atoms with Gasteiger partial charge in [0.2, 0.25) is 5.89 Å². The fourth-order valence-electron chi connectivity index (χ4n) is 1.69. The van der Waals surface area contributed by atoms with Crippen LogP contribution in [0.4, 0.5) is 0 Å². The summed E-state index contributed by atoms with van der Waals surface area (Å²) in [6.07, 6.45) is 3.13. The van der Waals surface area contributed by atoms with Crippen LogP contribution in [0, 0.1) is 0 Å². The number of nitrogens with one attached hydrogen (secondary N) is 1. The Bertz CT molecular complexity index is 297. The van der Waals surface area contributed by atoms with E-state index in [-0.39, 0.29) is 0 Å². The Kier molecular flexibility index (Phi) is 4.02. The first-order valence-electron chi connectivity index (χ1n) is 5.45. The molecule has 1 unspecified atom stereocenters. The molecule has 0 aliphatic carbocycles. The Balaban J connectivity index is 1.86. The molecule has 1 fully saturated rings. The van der Waals surface area contributed by atoms with Crippen LogP contribution in [-0.4, -0.2) is 35.2 Å². The van der Waals surface area contributed by atoms with Crippen molar-refractivity contribution in [2.24, 2.45) is 0 Å². The molecule has 0 saturated carbocycles. The normalized spacial score (nSPS) is 21.0. The second-order valence-electron chi connectivity index (χ2n) is 3.81. The predicted molar refractivity (Wildman–Crippen MR) is 61.2 cm³/mol. The van der Waals surface area contributed by atoms with E-state index in [1.807, 2.05) is 18.8 Å². The van der Waals surface area contributed by atoms with Gasteiger partial charge in [0.1, 0.15) is 0 Å². The zero-order valence-corrected chi connectivity index (χ0v) is 9.85. The molecule has 84 valence electrons. The van der Waals surface area contributed by atoms with Crippen molar-refractivity contribution >= 4 is 11.8 Å². The summed E-state index contributed by atoms with van der Waals surface area (Å²) in [5.74, 6) is 4.61. The molecular weight excluding hydrogens is 210 g/mol. The first kappa shape index (κ1) is 11.0. The van der Waals surface area contributed by atoms with Gasteiger partial charge in [-0.25, -0.2) is 0 Å². The van der Waals surface area contributed by atoms with Crippen LogP contribution in [0.3, 0.4) is 0 Å². The van der Waals surface area contributed by atoms with E-state index in [0.717, 1.165) is 36.9 Å². The summed E-state index contributed by atoms with van der Waals surface area (Å²) >= 11 is 1.98. The van der Waals surface area contributed by atoms with E-state index in [4.69, 9.17) is 4.52 Å². The van der Waals surface area contributed by atoms with Gasteiger partial charge in [-0.3, -0.25) is 0 Å². The largest absolute Gasteiger partial charge is 0.339 e. The van der Waals surface area contributed by atoms with E-state index in [1.165, 1.54) is 12.2 Å². The lowest BCUT2D eigenvalue weighted by atomic mass is 10.1. The Morgan fingerprint density at radius 3 is 3.27 bits per heavy atom. The van der Waals surface area contributed by atoms with Gasteiger partial charge in [0.15, 0.2) is 5.82 Å². The van der Waals surface area contributed by atoms with Crippen molar-refractivity contribution in [1.82, 2.24) is 15.5 Å². The molecular formula is C10H17N3OS. The summed E-state index contributed by atoms with van der Waals surface area (Å²) in [5.41, 5.74) is 0. The molecule has 0 aromatic carbocycles. The number of nitrogens with zero attached hydrogens (tertiary/aromatic N) is 2. The maximum absolute atomic E-state index is 5.23. The summed E-state index contributed by atoms with van der Waals surface area (Å²) in [7, 11) is 1.95. The Morgan fingerprint density at radius 1 is 1.60 bits per heavy atom. The zero-order chi connectivity index (χ0) is 10.5. The number of aromatic nitrogens is 2. The maximum Gasteiger partial charge on any atom is 0.226 e. The van der Waals surface area contributed by atoms with E-state index in [0.29, 0.717) is 5.92 Å². The fourth-order valence-corrected chi connectivity index (χ4v) is 2.91. The Hall–Kier alpha value is -0.550. The van der Waals surface area contributed by atoms with Crippen molar-refractivity contribution in [3.63, 3.8) is 0 Å². The minimum Gasteiger partial charge on any atom is -0.339 e. The van der Waals surface area contributed by atoms with Crippen molar-refractivity contribution in [2.75, 3.05) is 25.1 Å². The highest BCUT2D eigenvalue weighted by Gasteiger charge is 2.22. The van der Waals surface area contributed by atoms with E-state index in [9.17, 15) is 0 Å². The van der Waals surface area contributed by atoms with Crippen molar-refractivity contribution < 1.29 is 4.52 Å². The standard InChI is InChI=1S/C10H17N3OS/c1-11-5-2-3-9-12-10(13-14-9)8-4-6-15-7-8/h8,11H,2-7H2,1H3. The minimum atomic E-state index is 0.525. The van der Waals surface area contributed by atoms with E-state index in [2.05, 4.69) is 15.5 Å². The molecule has 1 aromatic rings. The van der Waals surface area contributed by atoms with Crippen LogP contribution < -0.4 is 5.32 Å². The molecule has 4 nitrogen and oxygen atoms in total. The van der Waals surface area contributed by atoms with Crippen molar-refractivity contribution in [1.29, 1.82) is 0 Å². The lowest BCUT2D eigenvalue weighted by Gasteiger charge is -1.98.